The summed E-state index contributed by atoms with van der Waals surface area (Å²) in [6, 6.07) is 0. The number of amides is 1. The maximum Gasteiger partial charge on any atom is 0.379 e. The van der Waals surface area contributed by atoms with Crippen LogP contribution >= 0.6 is 0 Å². The Morgan fingerprint density at radius 1 is 1.56 bits per heavy atom. The standard InChI is InChI=1S/C8H10BN3O4/c1-2-15-7(13)6-11-5(16-12-6)3-4-10-8(9)14/h2-4H2,1H3,(H,10,14). The largest absolute Gasteiger partial charge is 0.460 e. The van der Waals surface area contributed by atoms with Crippen LogP contribution in [0.4, 0.5) is 4.79 Å². The van der Waals surface area contributed by atoms with Gasteiger partial charge in [0.15, 0.2) is 13.7 Å². The van der Waals surface area contributed by atoms with E-state index in [1.54, 1.807) is 6.92 Å². The molecule has 0 aliphatic carbocycles. The summed E-state index contributed by atoms with van der Waals surface area (Å²) in [5, 5.41) is 5.78. The molecule has 16 heavy (non-hydrogen) atoms. The highest BCUT2D eigenvalue weighted by atomic mass is 16.5. The first-order chi connectivity index (χ1) is 7.63. The second-order valence-corrected chi connectivity index (χ2v) is 2.77. The molecule has 0 atom stereocenters. The molecule has 84 valence electrons. The molecule has 8 heteroatoms. The van der Waals surface area contributed by atoms with Gasteiger partial charge in [-0.05, 0) is 12.1 Å². The maximum absolute atomic E-state index is 11.1. The minimum Gasteiger partial charge on any atom is -0.460 e. The minimum absolute atomic E-state index is 0.129. The van der Waals surface area contributed by atoms with Crippen molar-refractivity contribution in [1.29, 1.82) is 0 Å². The third kappa shape index (κ3) is 3.72. The van der Waals surface area contributed by atoms with Crippen molar-refractivity contribution >= 4 is 19.6 Å². The van der Waals surface area contributed by atoms with E-state index in [1.807, 2.05) is 0 Å². The average molecular weight is 223 g/mol. The molecule has 1 heterocycles. The van der Waals surface area contributed by atoms with Crippen LogP contribution in [0.2, 0.25) is 0 Å². The van der Waals surface area contributed by atoms with Crippen LogP contribution in [0.3, 0.4) is 0 Å². The summed E-state index contributed by atoms with van der Waals surface area (Å²) >= 11 is 0. The number of nitrogens with zero attached hydrogens (tertiary/aromatic N) is 2. The van der Waals surface area contributed by atoms with E-state index < -0.39 is 11.8 Å². The van der Waals surface area contributed by atoms with E-state index in [4.69, 9.17) is 12.4 Å². The molecule has 1 aromatic rings. The molecule has 1 amide bonds. The zero-order valence-corrected chi connectivity index (χ0v) is 8.73. The Balaban J connectivity index is 2.45. The van der Waals surface area contributed by atoms with Crippen molar-refractivity contribution in [3.05, 3.63) is 11.7 Å². The van der Waals surface area contributed by atoms with Crippen LogP contribution in [0.5, 0.6) is 0 Å². The average Bonchev–Trinajstić information content (AvgIpc) is 2.66. The molecule has 1 aromatic heterocycles. The SMILES string of the molecule is [B]C(=O)NCCc1nc(C(=O)OCC)no1. The summed E-state index contributed by atoms with van der Waals surface area (Å²) < 4.78 is 9.43. The first-order valence-corrected chi connectivity index (χ1v) is 4.66. The van der Waals surface area contributed by atoms with E-state index in [0.29, 0.717) is 6.42 Å². The summed E-state index contributed by atoms with van der Waals surface area (Å²) in [6.07, 6.45) is 0.301. The number of nitrogens with one attached hydrogen (secondary N) is 1. The van der Waals surface area contributed by atoms with Gasteiger partial charge in [0.05, 0.1) is 6.61 Å². The van der Waals surface area contributed by atoms with Gasteiger partial charge in [0.2, 0.25) is 5.89 Å². The van der Waals surface area contributed by atoms with Crippen molar-refractivity contribution in [3.8, 4) is 0 Å². The molecule has 0 unspecified atom stereocenters. The van der Waals surface area contributed by atoms with Gasteiger partial charge in [-0.25, -0.2) is 4.79 Å². The molecule has 1 rings (SSSR count). The molecular formula is C8H10BN3O4. The molecule has 0 bridgehead atoms. The molecule has 1 N–H and O–H groups in total. The van der Waals surface area contributed by atoms with Crippen molar-refractivity contribution in [3.63, 3.8) is 0 Å². The van der Waals surface area contributed by atoms with E-state index in [9.17, 15) is 9.59 Å². The van der Waals surface area contributed by atoms with Crippen LogP contribution in [0.1, 0.15) is 23.4 Å². The smallest absolute Gasteiger partial charge is 0.379 e. The Labute approximate surface area is 92.9 Å². The van der Waals surface area contributed by atoms with Gasteiger partial charge in [0.1, 0.15) is 0 Å². The lowest BCUT2D eigenvalue weighted by Gasteiger charge is -1.97. The number of esters is 1. The molecule has 0 fully saturated rings. The fourth-order valence-electron chi connectivity index (χ4n) is 0.928. The summed E-state index contributed by atoms with van der Waals surface area (Å²) in [5.41, 5.74) is 0. The zero-order chi connectivity index (χ0) is 12.0. The van der Waals surface area contributed by atoms with Crippen molar-refractivity contribution in [1.82, 2.24) is 15.5 Å². The van der Waals surface area contributed by atoms with Crippen LogP contribution in [0.25, 0.3) is 0 Å². The first-order valence-electron chi connectivity index (χ1n) is 4.66. The van der Waals surface area contributed by atoms with Gasteiger partial charge >= 0.3 is 5.97 Å². The fourth-order valence-corrected chi connectivity index (χ4v) is 0.928. The number of carbonyl (C=O) groups excluding carboxylic acids is 2. The number of rotatable bonds is 5. The predicted octanol–water partition coefficient (Wildman–Crippen LogP) is -0.333. The quantitative estimate of drug-likeness (QED) is 0.542. The highest BCUT2D eigenvalue weighted by Crippen LogP contribution is 1.99. The van der Waals surface area contributed by atoms with Gasteiger partial charge < -0.3 is 14.6 Å². The van der Waals surface area contributed by atoms with Crippen molar-refractivity contribution in [2.45, 2.75) is 13.3 Å². The summed E-state index contributed by atoms with van der Waals surface area (Å²) in [6.45, 7) is 2.18. The number of aromatic nitrogens is 2. The second kappa shape index (κ2) is 5.89. The van der Waals surface area contributed by atoms with E-state index >= 15 is 0 Å². The molecule has 0 aliphatic heterocycles. The molecule has 7 nitrogen and oxygen atoms in total. The molecular weight excluding hydrogens is 213 g/mol. The van der Waals surface area contributed by atoms with Gasteiger partial charge in [-0.3, -0.25) is 4.79 Å². The van der Waals surface area contributed by atoms with E-state index in [2.05, 4.69) is 20.2 Å². The van der Waals surface area contributed by atoms with Crippen molar-refractivity contribution < 1.29 is 18.8 Å². The van der Waals surface area contributed by atoms with Gasteiger partial charge in [-0.2, -0.15) is 4.98 Å². The molecule has 0 saturated carbocycles. The fraction of sp³-hybridized carbons (Fsp3) is 0.500. The molecule has 0 spiro atoms. The van der Waals surface area contributed by atoms with E-state index in [0.717, 1.165) is 0 Å². The van der Waals surface area contributed by atoms with E-state index in [1.165, 1.54) is 0 Å². The minimum atomic E-state index is -0.639. The Morgan fingerprint density at radius 3 is 2.94 bits per heavy atom. The molecule has 0 aromatic carbocycles. The lowest BCUT2D eigenvalue weighted by molar-refractivity contribution is 0.0508. The third-order valence-electron chi connectivity index (χ3n) is 1.56. The first kappa shape index (κ1) is 12.2. The molecule has 2 radical (unpaired) electrons. The van der Waals surface area contributed by atoms with Crippen molar-refractivity contribution in [2.75, 3.05) is 13.2 Å². The third-order valence-corrected chi connectivity index (χ3v) is 1.56. The normalized spacial score (nSPS) is 9.81. The Kier molecular flexibility index (Phi) is 4.50. The van der Waals surface area contributed by atoms with Crippen LogP contribution in [0, 0.1) is 0 Å². The van der Waals surface area contributed by atoms with Crippen LogP contribution in [-0.2, 0) is 11.2 Å². The maximum atomic E-state index is 11.1. The lowest BCUT2D eigenvalue weighted by atomic mass is 10.1. The highest BCUT2D eigenvalue weighted by Gasteiger charge is 2.15. The zero-order valence-electron chi connectivity index (χ0n) is 8.73. The van der Waals surface area contributed by atoms with Crippen LogP contribution in [0.15, 0.2) is 4.52 Å². The van der Waals surface area contributed by atoms with Crippen LogP contribution < -0.4 is 5.32 Å². The van der Waals surface area contributed by atoms with Gasteiger partial charge in [0, 0.05) is 13.0 Å². The van der Waals surface area contributed by atoms with Gasteiger partial charge in [0.25, 0.3) is 5.82 Å². The van der Waals surface area contributed by atoms with Gasteiger partial charge in [-0.15, -0.1) is 0 Å². The summed E-state index contributed by atoms with van der Waals surface area (Å²) in [5.74, 6) is -1.17. The highest BCUT2D eigenvalue weighted by molar-refractivity contribution is 6.57. The number of carbonyl (C=O) groups is 2. The topological polar surface area (TPSA) is 94.3 Å². The van der Waals surface area contributed by atoms with Crippen LogP contribution in [-0.4, -0.2) is 42.9 Å². The Bertz CT molecular complexity index is 379. The second-order valence-electron chi connectivity index (χ2n) is 2.77. The summed E-state index contributed by atoms with van der Waals surface area (Å²) in [4.78, 5) is 25.3. The number of hydrogen-bond donors (Lipinski definition) is 1. The number of ether oxygens (including phenoxy) is 1. The Morgan fingerprint density at radius 2 is 2.31 bits per heavy atom. The number of hydrogen-bond acceptors (Lipinski definition) is 6. The Hall–Kier alpha value is -1.86. The molecule has 0 aliphatic rings. The van der Waals surface area contributed by atoms with E-state index in [-0.39, 0.29) is 24.9 Å². The molecule has 0 saturated heterocycles. The summed E-state index contributed by atoms with van der Waals surface area (Å²) in [7, 11) is 4.86. The lowest BCUT2D eigenvalue weighted by Crippen LogP contribution is -2.23. The van der Waals surface area contributed by atoms with Gasteiger partial charge in [-0.1, -0.05) is 0 Å². The monoisotopic (exact) mass is 223 g/mol. The predicted molar refractivity (Wildman–Crippen MR) is 53.1 cm³/mol. The van der Waals surface area contributed by atoms with Crippen molar-refractivity contribution in [2.24, 2.45) is 0 Å².